The predicted molar refractivity (Wildman–Crippen MR) is 44.0 cm³/mol. The third-order valence-electron chi connectivity index (χ3n) is 1.99. The monoisotopic (exact) mass is 187 g/mol. The summed E-state index contributed by atoms with van der Waals surface area (Å²) in [5.41, 5.74) is 0. The summed E-state index contributed by atoms with van der Waals surface area (Å²) in [4.78, 5) is 21.7. The summed E-state index contributed by atoms with van der Waals surface area (Å²) in [7, 11) is 0. The van der Waals surface area contributed by atoms with Crippen LogP contribution in [-0.2, 0) is 9.59 Å². The molecular weight excluding hydrogens is 174 g/mol. The van der Waals surface area contributed by atoms with Crippen LogP contribution in [0.15, 0.2) is 0 Å². The van der Waals surface area contributed by atoms with Gasteiger partial charge in [0.05, 0.1) is 6.10 Å². The molecule has 0 heterocycles. The lowest BCUT2D eigenvalue weighted by atomic mass is 10.2. The van der Waals surface area contributed by atoms with Crippen LogP contribution < -0.4 is 5.32 Å². The van der Waals surface area contributed by atoms with Gasteiger partial charge in [0, 0.05) is 5.92 Å². The fourth-order valence-corrected chi connectivity index (χ4v) is 1.01. The molecule has 1 aliphatic rings. The van der Waals surface area contributed by atoms with Crippen LogP contribution in [-0.4, -0.2) is 34.2 Å². The van der Waals surface area contributed by atoms with Crippen LogP contribution in [0.25, 0.3) is 0 Å². The Hall–Kier alpha value is -1.10. The topological polar surface area (TPSA) is 86.6 Å². The van der Waals surface area contributed by atoms with Crippen molar-refractivity contribution in [1.29, 1.82) is 0 Å². The molecule has 0 spiro atoms. The van der Waals surface area contributed by atoms with Gasteiger partial charge in [-0.25, -0.2) is 4.79 Å². The standard InChI is InChI=1S/C8H13NO4/c1-4(10)6(8(12)13)9-7(11)5-2-3-5/h4-6,10H,2-3H2,1H3,(H,9,11)(H,12,13)/t4-,6+/m1/s1. The average Bonchev–Trinajstić information content (AvgIpc) is 2.80. The van der Waals surface area contributed by atoms with Gasteiger partial charge in [0.15, 0.2) is 6.04 Å². The van der Waals surface area contributed by atoms with Gasteiger partial charge < -0.3 is 15.5 Å². The molecule has 3 N–H and O–H groups in total. The van der Waals surface area contributed by atoms with E-state index in [9.17, 15) is 9.59 Å². The van der Waals surface area contributed by atoms with Gasteiger partial charge in [-0.05, 0) is 19.8 Å². The van der Waals surface area contributed by atoms with Crippen molar-refractivity contribution >= 4 is 11.9 Å². The van der Waals surface area contributed by atoms with E-state index in [1.54, 1.807) is 0 Å². The summed E-state index contributed by atoms with van der Waals surface area (Å²) in [6.07, 6.45) is 0.566. The molecule has 0 aromatic heterocycles. The van der Waals surface area contributed by atoms with Crippen molar-refractivity contribution in [2.45, 2.75) is 31.9 Å². The maximum atomic E-state index is 11.1. The van der Waals surface area contributed by atoms with E-state index < -0.39 is 18.1 Å². The molecule has 0 aromatic rings. The van der Waals surface area contributed by atoms with Crippen LogP contribution in [0.3, 0.4) is 0 Å². The zero-order valence-electron chi connectivity index (χ0n) is 7.36. The average molecular weight is 187 g/mol. The molecule has 1 aliphatic carbocycles. The highest BCUT2D eigenvalue weighted by atomic mass is 16.4. The minimum absolute atomic E-state index is 0.0411. The van der Waals surface area contributed by atoms with E-state index >= 15 is 0 Å². The van der Waals surface area contributed by atoms with Crippen LogP contribution >= 0.6 is 0 Å². The summed E-state index contributed by atoms with van der Waals surface area (Å²) < 4.78 is 0. The summed E-state index contributed by atoms with van der Waals surface area (Å²) in [5, 5.41) is 19.9. The fraction of sp³-hybridized carbons (Fsp3) is 0.750. The molecule has 0 saturated heterocycles. The van der Waals surface area contributed by atoms with Gasteiger partial charge >= 0.3 is 5.97 Å². The highest BCUT2D eigenvalue weighted by Crippen LogP contribution is 2.28. The Morgan fingerprint density at radius 1 is 1.46 bits per heavy atom. The molecule has 1 amide bonds. The number of amides is 1. The Bertz CT molecular complexity index is 222. The van der Waals surface area contributed by atoms with Gasteiger partial charge in [0.2, 0.25) is 5.91 Å². The number of nitrogens with one attached hydrogen (secondary N) is 1. The first kappa shape index (κ1) is 9.98. The molecule has 13 heavy (non-hydrogen) atoms. The van der Waals surface area contributed by atoms with Gasteiger partial charge in [0.1, 0.15) is 0 Å². The van der Waals surface area contributed by atoms with Gasteiger partial charge in [0.25, 0.3) is 0 Å². The first-order valence-electron chi connectivity index (χ1n) is 4.23. The van der Waals surface area contributed by atoms with Crippen molar-refractivity contribution in [3.05, 3.63) is 0 Å². The number of carbonyl (C=O) groups is 2. The summed E-state index contributed by atoms with van der Waals surface area (Å²) in [5.74, 6) is -1.52. The van der Waals surface area contributed by atoms with Crippen molar-refractivity contribution < 1.29 is 19.8 Å². The first-order chi connectivity index (χ1) is 6.02. The highest BCUT2D eigenvalue weighted by molar-refractivity contribution is 5.86. The number of carboxylic acid groups (broad SMARTS) is 1. The molecule has 1 rings (SSSR count). The zero-order chi connectivity index (χ0) is 10.0. The third-order valence-corrected chi connectivity index (χ3v) is 1.99. The molecule has 5 heteroatoms. The normalized spacial score (nSPS) is 20.5. The molecule has 0 unspecified atom stereocenters. The Morgan fingerprint density at radius 3 is 2.31 bits per heavy atom. The second-order valence-corrected chi connectivity index (χ2v) is 3.34. The quantitative estimate of drug-likeness (QED) is 0.545. The molecule has 1 fully saturated rings. The number of rotatable bonds is 4. The largest absolute Gasteiger partial charge is 0.480 e. The van der Waals surface area contributed by atoms with E-state index in [-0.39, 0.29) is 11.8 Å². The molecule has 2 atom stereocenters. The molecule has 74 valence electrons. The summed E-state index contributed by atoms with van der Waals surface area (Å²) in [6, 6.07) is -1.19. The molecule has 0 bridgehead atoms. The van der Waals surface area contributed by atoms with Crippen molar-refractivity contribution in [1.82, 2.24) is 5.32 Å². The number of aliphatic carboxylic acids is 1. The van der Waals surface area contributed by atoms with Crippen LogP contribution in [0.1, 0.15) is 19.8 Å². The van der Waals surface area contributed by atoms with E-state index in [0.717, 1.165) is 12.8 Å². The van der Waals surface area contributed by atoms with E-state index in [1.807, 2.05) is 0 Å². The van der Waals surface area contributed by atoms with E-state index in [4.69, 9.17) is 10.2 Å². The molecule has 5 nitrogen and oxygen atoms in total. The van der Waals surface area contributed by atoms with Gasteiger partial charge in [-0.2, -0.15) is 0 Å². The number of carboxylic acids is 1. The molecule has 0 aromatic carbocycles. The second-order valence-electron chi connectivity index (χ2n) is 3.34. The van der Waals surface area contributed by atoms with E-state index in [1.165, 1.54) is 6.92 Å². The minimum atomic E-state index is -1.20. The van der Waals surface area contributed by atoms with Gasteiger partial charge in [-0.3, -0.25) is 4.79 Å². The lowest BCUT2D eigenvalue weighted by molar-refractivity contribution is -0.145. The van der Waals surface area contributed by atoms with Crippen LogP contribution in [0.5, 0.6) is 0 Å². The van der Waals surface area contributed by atoms with Crippen molar-refractivity contribution in [3.63, 3.8) is 0 Å². The highest BCUT2D eigenvalue weighted by Gasteiger charge is 2.33. The minimum Gasteiger partial charge on any atom is -0.480 e. The lowest BCUT2D eigenvalue weighted by Crippen LogP contribution is -2.48. The number of hydrogen-bond acceptors (Lipinski definition) is 3. The fourth-order valence-electron chi connectivity index (χ4n) is 1.01. The number of hydrogen-bond donors (Lipinski definition) is 3. The van der Waals surface area contributed by atoms with Crippen molar-refractivity contribution in [2.75, 3.05) is 0 Å². The van der Waals surface area contributed by atoms with Crippen LogP contribution in [0.4, 0.5) is 0 Å². The molecule has 0 radical (unpaired) electrons. The second kappa shape index (κ2) is 3.74. The Morgan fingerprint density at radius 2 is 2.00 bits per heavy atom. The van der Waals surface area contributed by atoms with Crippen LogP contribution in [0, 0.1) is 5.92 Å². The van der Waals surface area contributed by atoms with Crippen molar-refractivity contribution in [3.8, 4) is 0 Å². The van der Waals surface area contributed by atoms with E-state index in [0.29, 0.717) is 0 Å². The Balaban J connectivity index is 2.46. The first-order valence-corrected chi connectivity index (χ1v) is 4.23. The number of carbonyl (C=O) groups excluding carboxylic acids is 1. The van der Waals surface area contributed by atoms with Gasteiger partial charge in [-0.15, -0.1) is 0 Å². The van der Waals surface area contributed by atoms with Crippen molar-refractivity contribution in [2.24, 2.45) is 5.92 Å². The SMILES string of the molecule is C[C@@H](O)[C@H](NC(=O)C1CC1)C(=O)O. The lowest BCUT2D eigenvalue weighted by Gasteiger charge is -2.16. The Kier molecular flexibility index (Phi) is 2.87. The zero-order valence-corrected chi connectivity index (χ0v) is 7.36. The molecule has 1 saturated carbocycles. The third kappa shape index (κ3) is 2.69. The number of aliphatic hydroxyl groups excluding tert-OH is 1. The maximum Gasteiger partial charge on any atom is 0.328 e. The van der Waals surface area contributed by atoms with E-state index in [2.05, 4.69) is 5.32 Å². The summed E-state index contributed by atoms with van der Waals surface area (Å²) in [6.45, 7) is 1.34. The maximum absolute atomic E-state index is 11.1. The molecular formula is C8H13NO4. The smallest absolute Gasteiger partial charge is 0.328 e. The van der Waals surface area contributed by atoms with Crippen LogP contribution in [0.2, 0.25) is 0 Å². The summed E-state index contributed by atoms with van der Waals surface area (Å²) >= 11 is 0. The predicted octanol–water partition coefficient (Wildman–Crippen LogP) is -0.653. The van der Waals surface area contributed by atoms with Gasteiger partial charge in [-0.1, -0.05) is 0 Å². The Labute approximate surface area is 75.7 Å². The molecule has 0 aliphatic heterocycles. The number of aliphatic hydroxyl groups is 1.